The minimum absolute atomic E-state index is 0.0981. The van der Waals surface area contributed by atoms with Crippen LogP contribution in [0.3, 0.4) is 0 Å². The first kappa shape index (κ1) is 64.5. The molecule has 1 aromatic carbocycles. The molecule has 0 radical (unpaired) electrons. The fourth-order valence-corrected chi connectivity index (χ4v) is 12.0. The Balaban J connectivity index is 1.71. The second-order valence-corrected chi connectivity index (χ2v) is 24.0. The van der Waals surface area contributed by atoms with E-state index in [1.807, 2.05) is 0 Å². The number of amides is 9. The lowest BCUT2D eigenvalue weighted by molar-refractivity contribution is -0.143. The van der Waals surface area contributed by atoms with Crippen molar-refractivity contribution in [2.24, 2.45) is 23.5 Å². The third-order valence-electron chi connectivity index (χ3n) is 14.3. The van der Waals surface area contributed by atoms with Crippen LogP contribution in [-0.2, 0) is 70.9 Å². The van der Waals surface area contributed by atoms with Crippen LogP contribution in [0.2, 0.25) is 0 Å². The Hall–Kier alpha value is -6.36. The summed E-state index contributed by atoms with van der Waals surface area (Å²) in [4.78, 5) is 143. The maximum atomic E-state index is 15.3. The number of H-pyrrole nitrogens is 1. The van der Waals surface area contributed by atoms with Gasteiger partial charge in [-0.2, -0.15) is 11.8 Å². The molecule has 444 valence electrons. The second-order valence-electron chi connectivity index (χ2n) is 21.4. The van der Waals surface area contributed by atoms with Gasteiger partial charge in [0, 0.05) is 67.3 Å². The quantitative estimate of drug-likeness (QED) is 0.0843. The molecule has 80 heavy (non-hydrogen) atoms. The molecule has 0 saturated carbocycles. The number of aromatic amines is 1. The first-order valence-corrected chi connectivity index (χ1v) is 29.2. The van der Waals surface area contributed by atoms with Gasteiger partial charge in [-0.15, -0.1) is 0 Å². The lowest BCUT2D eigenvalue weighted by Crippen LogP contribution is -2.61. The van der Waals surface area contributed by atoms with Crippen molar-refractivity contribution >= 4 is 92.6 Å². The number of hydrogen-bond donors (Lipinski definition) is 12. The average Bonchev–Trinajstić information content (AvgIpc) is 4.09. The highest BCUT2D eigenvalue weighted by Gasteiger charge is 2.45. The Bertz CT molecular complexity index is 2650. The molecule has 3 aliphatic rings. The van der Waals surface area contributed by atoms with Gasteiger partial charge < -0.3 is 77.6 Å². The van der Waals surface area contributed by atoms with E-state index in [0.717, 1.165) is 4.90 Å². The molecule has 0 spiro atoms. The third-order valence-corrected chi connectivity index (χ3v) is 16.8. The molecule has 9 amide bonds. The molecule has 13 N–H and O–H groups in total. The van der Waals surface area contributed by atoms with Crippen molar-refractivity contribution in [1.29, 1.82) is 0 Å². The summed E-state index contributed by atoms with van der Waals surface area (Å²) in [7, 11) is -0.950. The van der Waals surface area contributed by atoms with Crippen LogP contribution in [-0.4, -0.2) is 188 Å². The molecule has 3 aliphatic heterocycles. The molecule has 0 aliphatic carbocycles. The Morgan fingerprint density at radius 2 is 1.64 bits per heavy atom. The van der Waals surface area contributed by atoms with Crippen molar-refractivity contribution in [1.82, 2.24) is 47.1 Å². The molecule has 26 nitrogen and oxygen atoms in total. The van der Waals surface area contributed by atoms with E-state index in [-0.39, 0.29) is 23.4 Å². The number of thioether (sulfide) groups is 1. The van der Waals surface area contributed by atoms with E-state index in [2.05, 4.69) is 42.2 Å². The Morgan fingerprint density at radius 1 is 0.925 bits per heavy atom. The van der Waals surface area contributed by atoms with Crippen molar-refractivity contribution in [3.8, 4) is 5.75 Å². The van der Waals surface area contributed by atoms with Gasteiger partial charge in [0.05, 0.1) is 61.1 Å². The number of hydrogen-bond acceptors (Lipinski definition) is 17. The molecule has 2 aromatic rings. The fourth-order valence-electron chi connectivity index (χ4n) is 9.57. The number of Topliss-reactive ketones (excluding diaryl/α,β-unsaturated/α-hetero) is 1. The number of aliphatic hydroxyl groups excluding tert-OH is 3. The summed E-state index contributed by atoms with van der Waals surface area (Å²) in [6.07, 6.45) is -4.03. The molecule has 2 bridgehead atoms. The number of methoxy groups -OCH3 is 1. The SMILES string of the molecule is CC[C@H](C)[C@@H]1CC(=O)CNC(=O)[C@@H]2Cc3c([nH]c4c(CSCCCCNC(=O)OC(C)(C)C)c(OC)ccc34)S(=O)C[C@H](NC(=O)CNC1=O)C(=O)N[C@@H](CCC(N)=O)C(=O)N1C[C@H](O)C[C@H]1C(=O)N[C@@H]([C@@H](C)[C@@H](O)CO)C(=O)N2. The van der Waals surface area contributed by atoms with Crippen LogP contribution in [0.25, 0.3) is 10.9 Å². The van der Waals surface area contributed by atoms with Crippen LogP contribution in [0.5, 0.6) is 5.75 Å². The van der Waals surface area contributed by atoms with Crippen molar-refractivity contribution in [3.05, 3.63) is 23.3 Å². The van der Waals surface area contributed by atoms with E-state index < -0.39 is 187 Å². The van der Waals surface area contributed by atoms with E-state index in [0.29, 0.717) is 59.5 Å². The fraction of sp³-hybridized carbons (Fsp3) is 0.654. The third kappa shape index (κ3) is 17.6. The summed E-state index contributed by atoms with van der Waals surface area (Å²) in [6.45, 7) is 7.74. The molecule has 4 heterocycles. The average molecular weight is 1160 g/mol. The van der Waals surface area contributed by atoms with Crippen molar-refractivity contribution < 1.29 is 76.9 Å². The van der Waals surface area contributed by atoms with Gasteiger partial charge in [-0.3, -0.25) is 47.4 Å². The Kier molecular flexibility index (Phi) is 23.7. The summed E-state index contributed by atoms with van der Waals surface area (Å²) in [5.41, 5.74) is 5.93. The van der Waals surface area contributed by atoms with E-state index in [4.69, 9.17) is 15.2 Å². The molecule has 1 unspecified atom stereocenters. The number of nitrogens with one attached hydrogen (secondary N) is 8. The topological polar surface area (TPSA) is 396 Å². The number of ketones is 1. The van der Waals surface area contributed by atoms with E-state index >= 15 is 4.21 Å². The Labute approximate surface area is 470 Å². The summed E-state index contributed by atoms with van der Waals surface area (Å²) in [5.74, 6) is -10.5. The molecule has 11 atom stereocenters. The van der Waals surface area contributed by atoms with Crippen molar-refractivity contribution in [2.75, 3.05) is 51.4 Å². The van der Waals surface area contributed by atoms with Gasteiger partial charge >= 0.3 is 6.09 Å². The van der Waals surface area contributed by atoms with Gasteiger partial charge in [0.1, 0.15) is 46.6 Å². The predicted octanol–water partition coefficient (Wildman–Crippen LogP) is -1.60. The molecule has 1 fully saturated rings. The zero-order valence-corrected chi connectivity index (χ0v) is 47.9. The van der Waals surface area contributed by atoms with Crippen molar-refractivity contribution in [2.45, 2.75) is 152 Å². The second kappa shape index (κ2) is 29.4. The number of nitrogens with zero attached hydrogens (tertiary/aromatic N) is 1. The zero-order valence-electron chi connectivity index (χ0n) is 46.2. The number of alkyl carbamates (subject to hydrolysis) is 1. The number of ether oxygens (including phenoxy) is 2. The largest absolute Gasteiger partial charge is 0.496 e. The first-order chi connectivity index (χ1) is 37.8. The maximum absolute atomic E-state index is 15.3. The van der Waals surface area contributed by atoms with Gasteiger partial charge in [-0.25, -0.2) is 4.79 Å². The number of aliphatic hydroxyl groups is 3. The van der Waals surface area contributed by atoms with E-state index in [1.54, 1.807) is 46.8 Å². The number of carbonyl (C=O) groups excluding carboxylic acids is 10. The normalized spacial score (nSPS) is 25.4. The number of rotatable bonds is 16. The lowest BCUT2D eigenvalue weighted by Gasteiger charge is -2.33. The molecular weight excluding hydrogens is 1080 g/mol. The monoisotopic (exact) mass is 1160 g/mol. The molecular formula is C52H78N10O16S2. The molecule has 1 saturated heterocycles. The number of aromatic nitrogens is 1. The van der Waals surface area contributed by atoms with Crippen LogP contribution < -0.4 is 47.7 Å². The number of unbranched alkanes of at least 4 members (excludes halogenated alkanes) is 1. The van der Waals surface area contributed by atoms with Crippen LogP contribution in [0, 0.1) is 17.8 Å². The standard InChI is InChI=1S/C52H78N10O16S2/c1-8-26(2)31-17-28(64)20-55-45(70)35-19-32-30-11-13-39(77-7)33(24-79-16-10-9-15-54-51(75)78-52(4,5)6)43(30)61-49(32)80(76)25-36(57-41(68)21-56-44(31)69)46(71)58-34(12-14-40(53)67)50(74)62-22-29(65)18-37(62)47(72)60-42(48(73)59-35)27(3)38(66)23-63/h11,13,26-27,29,31,34-38,42,61,63,65-66H,8-10,12,14-25H2,1-7H3,(H2,53,67)(H,54,75)(H,55,70)(H,56,69)(H,57,68)(H,58,71)(H,59,73)(H,60,72)/t26-,27-,29+,31-,34-,35-,36-,37-,38-,42-,80?/m0/s1. The minimum Gasteiger partial charge on any atom is -0.496 e. The number of fused-ring (bicyclic) bond motifs is 5. The summed E-state index contributed by atoms with van der Waals surface area (Å²) >= 11 is 1.51. The van der Waals surface area contributed by atoms with Crippen LogP contribution in [0.1, 0.15) is 97.6 Å². The zero-order chi connectivity index (χ0) is 59.2. The highest BCUT2D eigenvalue weighted by atomic mass is 32.2. The molecule has 28 heteroatoms. The van der Waals surface area contributed by atoms with Crippen LogP contribution in [0.15, 0.2) is 17.2 Å². The van der Waals surface area contributed by atoms with Crippen LogP contribution in [0.4, 0.5) is 4.79 Å². The Morgan fingerprint density at radius 3 is 2.30 bits per heavy atom. The summed E-state index contributed by atoms with van der Waals surface area (Å²) in [5, 5.41) is 50.2. The van der Waals surface area contributed by atoms with Gasteiger partial charge in [0.2, 0.25) is 47.3 Å². The van der Waals surface area contributed by atoms with E-state index in [9.17, 15) is 63.3 Å². The number of benzene rings is 1. The smallest absolute Gasteiger partial charge is 0.407 e. The minimum atomic E-state index is -2.40. The highest BCUT2D eigenvalue weighted by Crippen LogP contribution is 2.36. The van der Waals surface area contributed by atoms with E-state index in [1.165, 1.54) is 25.8 Å². The number of nitrogens with two attached hydrogens (primary N) is 1. The van der Waals surface area contributed by atoms with Gasteiger partial charge in [0.25, 0.3) is 0 Å². The van der Waals surface area contributed by atoms with Gasteiger partial charge in [0.15, 0.2) is 5.78 Å². The van der Waals surface area contributed by atoms with Crippen LogP contribution >= 0.6 is 11.8 Å². The maximum Gasteiger partial charge on any atom is 0.407 e. The van der Waals surface area contributed by atoms with Gasteiger partial charge in [-0.1, -0.05) is 27.2 Å². The number of carbonyl (C=O) groups is 10. The lowest BCUT2D eigenvalue weighted by atomic mass is 9.86. The highest BCUT2D eigenvalue weighted by molar-refractivity contribution is 7.98. The first-order valence-electron chi connectivity index (χ1n) is 26.7. The summed E-state index contributed by atoms with van der Waals surface area (Å²) in [6, 6.07) is -5.21. The van der Waals surface area contributed by atoms with Gasteiger partial charge in [-0.05, 0) is 69.4 Å². The summed E-state index contributed by atoms with van der Waals surface area (Å²) < 4.78 is 26.4. The van der Waals surface area contributed by atoms with Crippen molar-refractivity contribution in [3.63, 3.8) is 0 Å². The predicted molar refractivity (Wildman–Crippen MR) is 293 cm³/mol. The molecule has 5 rings (SSSR count). The molecule has 1 aromatic heterocycles. The number of primary amides is 1.